The van der Waals surface area contributed by atoms with Crippen LogP contribution in [0.4, 0.5) is 17.1 Å². The topological polar surface area (TPSA) is 61.4 Å². The summed E-state index contributed by atoms with van der Waals surface area (Å²) in [6, 6.07) is 24.8. The Kier molecular flexibility index (Phi) is 6.34. The number of thiocarbonyl (C=S) groups is 1. The van der Waals surface area contributed by atoms with Gasteiger partial charge in [-0.1, -0.05) is 35.9 Å². The fourth-order valence-electron chi connectivity index (χ4n) is 3.26. The van der Waals surface area contributed by atoms with Crippen molar-refractivity contribution >= 4 is 58.0 Å². The van der Waals surface area contributed by atoms with Crippen molar-refractivity contribution in [3.8, 4) is 0 Å². The molecule has 1 atom stereocenters. The average Bonchev–Trinajstić information content (AvgIpc) is 3.04. The first-order valence-electron chi connectivity index (χ1n) is 9.83. The van der Waals surface area contributed by atoms with Gasteiger partial charge in [-0.3, -0.25) is 9.59 Å². The van der Waals surface area contributed by atoms with Crippen LogP contribution in [0.2, 0.25) is 0 Å². The van der Waals surface area contributed by atoms with E-state index in [1.807, 2.05) is 85.8 Å². The molecule has 0 bridgehead atoms. The summed E-state index contributed by atoms with van der Waals surface area (Å²) in [4.78, 5) is 27.5. The van der Waals surface area contributed by atoms with Crippen LogP contribution in [-0.4, -0.2) is 22.2 Å². The summed E-state index contributed by atoms with van der Waals surface area (Å²) in [6.45, 7) is 1.97. The van der Waals surface area contributed by atoms with Gasteiger partial charge in [-0.05, 0) is 67.7 Å². The minimum Gasteiger partial charge on any atom is -0.332 e. The van der Waals surface area contributed by atoms with Gasteiger partial charge in [0.1, 0.15) is 0 Å². The Bertz CT molecular complexity index is 1100. The largest absolute Gasteiger partial charge is 0.332 e. The lowest BCUT2D eigenvalue weighted by molar-refractivity contribution is -0.121. The van der Waals surface area contributed by atoms with Crippen molar-refractivity contribution in [3.63, 3.8) is 0 Å². The zero-order valence-electron chi connectivity index (χ0n) is 16.9. The predicted octanol–water partition coefficient (Wildman–Crippen LogP) is 5.23. The minimum absolute atomic E-state index is 0.165. The zero-order valence-corrected chi connectivity index (χ0v) is 18.5. The van der Waals surface area contributed by atoms with E-state index in [1.165, 1.54) is 16.7 Å². The summed E-state index contributed by atoms with van der Waals surface area (Å²) in [5.74, 6) is -0.337. The van der Waals surface area contributed by atoms with Crippen molar-refractivity contribution < 1.29 is 9.59 Å². The lowest BCUT2D eigenvalue weighted by Gasteiger charge is -2.15. The van der Waals surface area contributed by atoms with Crippen molar-refractivity contribution in [2.75, 3.05) is 15.5 Å². The molecule has 0 saturated carbocycles. The summed E-state index contributed by atoms with van der Waals surface area (Å²) < 4.78 is 0. The Morgan fingerprint density at radius 3 is 2.16 bits per heavy atom. The van der Waals surface area contributed by atoms with Crippen LogP contribution in [0.5, 0.6) is 0 Å². The molecule has 156 valence electrons. The van der Waals surface area contributed by atoms with E-state index in [1.54, 1.807) is 0 Å². The molecule has 0 aliphatic carbocycles. The van der Waals surface area contributed by atoms with Gasteiger partial charge < -0.3 is 10.6 Å². The molecule has 0 aromatic heterocycles. The monoisotopic (exact) mass is 447 g/mol. The molecule has 2 N–H and O–H groups in total. The number of carbonyl (C=O) groups excluding carboxylic acids is 2. The van der Waals surface area contributed by atoms with Gasteiger partial charge in [-0.25, -0.2) is 4.90 Å². The lowest BCUT2D eigenvalue weighted by Crippen LogP contribution is -2.31. The van der Waals surface area contributed by atoms with Crippen LogP contribution in [0.1, 0.15) is 12.0 Å². The summed E-state index contributed by atoms with van der Waals surface area (Å²) in [6.07, 6.45) is 0.197. The van der Waals surface area contributed by atoms with Gasteiger partial charge in [0.15, 0.2) is 5.11 Å². The SMILES string of the molecule is Cc1ccc(N2C(=O)C[C@@H](Sc3ccc(NC(=S)Nc4ccccc4)cc3)C2=O)cc1. The second-order valence-corrected chi connectivity index (χ2v) is 8.87. The van der Waals surface area contributed by atoms with E-state index >= 15 is 0 Å². The first-order chi connectivity index (χ1) is 15.0. The highest BCUT2D eigenvalue weighted by molar-refractivity contribution is 8.00. The standard InChI is InChI=1S/C24H21N3O2S2/c1-16-7-11-19(12-8-16)27-22(28)15-21(23(27)29)31-20-13-9-18(10-14-20)26-24(30)25-17-5-3-2-4-6-17/h2-14,21H,15H2,1H3,(H2,25,26,30)/t21-/m1/s1. The molecule has 3 aromatic carbocycles. The normalized spacial score (nSPS) is 15.8. The van der Waals surface area contributed by atoms with E-state index in [0.717, 1.165) is 21.8 Å². The third-order valence-electron chi connectivity index (χ3n) is 4.82. The highest BCUT2D eigenvalue weighted by Gasteiger charge is 2.40. The summed E-state index contributed by atoms with van der Waals surface area (Å²) in [7, 11) is 0. The van der Waals surface area contributed by atoms with E-state index in [9.17, 15) is 9.59 Å². The van der Waals surface area contributed by atoms with Gasteiger partial charge in [-0.15, -0.1) is 11.8 Å². The first-order valence-corrected chi connectivity index (χ1v) is 11.1. The van der Waals surface area contributed by atoms with E-state index in [-0.39, 0.29) is 18.2 Å². The number of rotatable bonds is 5. The number of imide groups is 1. The molecule has 0 spiro atoms. The van der Waals surface area contributed by atoms with Crippen LogP contribution in [0.3, 0.4) is 0 Å². The maximum atomic E-state index is 12.8. The van der Waals surface area contributed by atoms with Gasteiger partial charge in [0, 0.05) is 22.7 Å². The summed E-state index contributed by atoms with van der Waals surface area (Å²) in [5, 5.41) is 6.34. The van der Waals surface area contributed by atoms with E-state index in [4.69, 9.17) is 12.2 Å². The van der Waals surface area contributed by atoms with Gasteiger partial charge in [-0.2, -0.15) is 0 Å². The number of carbonyl (C=O) groups is 2. The summed E-state index contributed by atoms with van der Waals surface area (Å²) in [5.41, 5.74) is 3.46. The molecule has 1 aliphatic heterocycles. The number of nitrogens with zero attached hydrogens (tertiary/aromatic N) is 1. The molecule has 5 nitrogen and oxygen atoms in total. The second-order valence-electron chi connectivity index (χ2n) is 7.18. The van der Waals surface area contributed by atoms with Crippen molar-refractivity contribution in [3.05, 3.63) is 84.4 Å². The molecule has 0 unspecified atom stereocenters. The number of thioether (sulfide) groups is 1. The van der Waals surface area contributed by atoms with Gasteiger partial charge in [0.25, 0.3) is 0 Å². The first kappa shape index (κ1) is 21.1. The van der Waals surface area contributed by atoms with Crippen LogP contribution in [0.25, 0.3) is 0 Å². The van der Waals surface area contributed by atoms with Gasteiger partial charge in [0.2, 0.25) is 11.8 Å². The molecular formula is C24H21N3O2S2. The molecule has 31 heavy (non-hydrogen) atoms. The fraction of sp³-hybridized carbons (Fsp3) is 0.125. The number of amides is 2. The maximum Gasteiger partial charge on any atom is 0.247 e. The third kappa shape index (κ3) is 5.13. The molecule has 2 amide bonds. The molecule has 1 aliphatic rings. The predicted molar refractivity (Wildman–Crippen MR) is 131 cm³/mol. The second kappa shape index (κ2) is 9.32. The number of hydrogen-bond acceptors (Lipinski definition) is 4. The number of nitrogens with one attached hydrogen (secondary N) is 2. The summed E-state index contributed by atoms with van der Waals surface area (Å²) >= 11 is 6.75. The number of anilines is 3. The number of aryl methyl sites for hydroxylation is 1. The van der Waals surface area contributed by atoms with E-state index in [2.05, 4.69) is 10.6 Å². The van der Waals surface area contributed by atoms with Crippen molar-refractivity contribution in [1.82, 2.24) is 0 Å². The molecule has 3 aromatic rings. The smallest absolute Gasteiger partial charge is 0.247 e. The Hall–Kier alpha value is -3.16. The van der Waals surface area contributed by atoms with Crippen LogP contribution in [-0.2, 0) is 9.59 Å². The van der Waals surface area contributed by atoms with Crippen LogP contribution in [0, 0.1) is 6.92 Å². The van der Waals surface area contributed by atoms with Crippen LogP contribution >= 0.6 is 24.0 Å². The Morgan fingerprint density at radius 1 is 0.903 bits per heavy atom. The number of benzene rings is 3. The molecule has 1 heterocycles. The van der Waals surface area contributed by atoms with Crippen LogP contribution in [0.15, 0.2) is 83.8 Å². The van der Waals surface area contributed by atoms with Crippen molar-refractivity contribution in [2.45, 2.75) is 23.5 Å². The molecule has 4 rings (SSSR count). The minimum atomic E-state index is -0.423. The number of para-hydroxylation sites is 1. The lowest BCUT2D eigenvalue weighted by atomic mass is 10.2. The van der Waals surface area contributed by atoms with Crippen LogP contribution < -0.4 is 15.5 Å². The highest BCUT2D eigenvalue weighted by atomic mass is 32.2. The molecule has 1 saturated heterocycles. The van der Waals surface area contributed by atoms with Gasteiger partial charge >= 0.3 is 0 Å². The maximum absolute atomic E-state index is 12.8. The van der Waals surface area contributed by atoms with E-state index < -0.39 is 5.25 Å². The highest BCUT2D eigenvalue weighted by Crippen LogP contribution is 2.34. The molecule has 1 fully saturated rings. The van der Waals surface area contributed by atoms with Crippen molar-refractivity contribution in [1.29, 1.82) is 0 Å². The zero-order chi connectivity index (χ0) is 21.8. The third-order valence-corrected chi connectivity index (χ3v) is 6.22. The Morgan fingerprint density at radius 2 is 1.52 bits per heavy atom. The molecular weight excluding hydrogens is 426 g/mol. The van der Waals surface area contributed by atoms with Crippen molar-refractivity contribution in [2.24, 2.45) is 0 Å². The molecule has 7 heteroatoms. The molecule has 0 radical (unpaired) electrons. The average molecular weight is 448 g/mol. The quantitative estimate of drug-likeness (QED) is 0.413. The number of hydrogen-bond donors (Lipinski definition) is 2. The van der Waals surface area contributed by atoms with Gasteiger partial charge in [0.05, 0.1) is 10.9 Å². The Balaban J connectivity index is 1.36. The van der Waals surface area contributed by atoms with E-state index in [0.29, 0.717) is 10.8 Å². The Labute approximate surface area is 190 Å². The fourth-order valence-corrected chi connectivity index (χ4v) is 4.55.